The molecule has 5 nitrogen and oxygen atoms in total. The molecule has 1 saturated carbocycles. The van der Waals surface area contributed by atoms with Gasteiger partial charge in [-0.25, -0.2) is 0 Å². The van der Waals surface area contributed by atoms with Crippen LogP contribution in [-0.4, -0.2) is 40.8 Å². The highest BCUT2D eigenvalue weighted by atomic mass is 16.5. The zero-order chi connectivity index (χ0) is 14.4. The number of rotatable bonds is 7. The molecular formula is C15H25N3O2. The van der Waals surface area contributed by atoms with Gasteiger partial charge in [-0.15, -0.1) is 0 Å². The first-order valence-electron chi connectivity index (χ1n) is 7.57. The van der Waals surface area contributed by atoms with Gasteiger partial charge in [-0.05, 0) is 32.9 Å². The zero-order valence-corrected chi connectivity index (χ0v) is 12.5. The maximum atomic E-state index is 11.3. The third-order valence-corrected chi connectivity index (χ3v) is 3.80. The standard InChI is InChI=1S/C15H25N3O2/c1-3-20-15(19)9-10-17(2)12-13-8-11-18(16-13)14-6-4-5-7-14/h8,11,14H,3-7,9-10,12H2,1-2H3. The topological polar surface area (TPSA) is 47.4 Å². The van der Waals surface area contributed by atoms with E-state index in [9.17, 15) is 4.79 Å². The van der Waals surface area contributed by atoms with Crippen LogP contribution in [0.5, 0.6) is 0 Å². The summed E-state index contributed by atoms with van der Waals surface area (Å²) in [5, 5.41) is 4.65. The van der Waals surface area contributed by atoms with Crippen molar-refractivity contribution >= 4 is 5.97 Å². The van der Waals surface area contributed by atoms with Crippen molar-refractivity contribution in [1.82, 2.24) is 14.7 Å². The van der Waals surface area contributed by atoms with E-state index in [0.29, 0.717) is 25.6 Å². The summed E-state index contributed by atoms with van der Waals surface area (Å²) in [4.78, 5) is 13.4. The molecule has 0 bridgehead atoms. The first-order valence-corrected chi connectivity index (χ1v) is 7.57. The van der Waals surface area contributed by atoms with Crippen LogP contribution in [0.25, 0.3) is 0 Å². The van der Waals surface area contributed by atoms with Crippen molar-refractivity contribution in [2.45, 2.75) is 51.6 Å². The summed E-state index contributed by atoms with van der Waals surface area (Å²) in [6.07, 6.45) is 7.66. The van der Waals surface area contributed by atoms with Crippen molar-refractivity contribution < 1.29 is 9.53 Å². The highest BCUT2D eigenvalue weighted by Gasteiger charge is 2.17. The van der Waals surface area contributed by atoms with E-state index in [-0.39, 0.29) is 5.97 Å². The molecule has 0 aliphatic heterocycles. The van der Waals surface area contributed by atoms with E-state index in [1.165, 1.54) is 25.7 Å². The minimum Gasteiger partial charge on any atom is -0.466 e. The largest absolute Gasteiger partial charge is 0.466 e. The predicted octanol–water partition coefficient (Wildman–Crippen LogP) is 2.38. The Balaban J connectivity index is 1.76. The lowest BCUT2D eigenvalue weighted by molar-refractivity contribution is -0.143. The molecule has 1 aromatic rings. The average Bonchev–Trinajstić information content (AvgIpc) is 3.07. The van der Waals surface area contributed by atoms with Gasteiger partial charge in [-0.2, -0.15) is 5.10 Å². The lowest BCUT2D eigenvalue weighted by atomic mass is 10.3. The molecule has 0 unspecified atom stereocenters. The zero-order valence-electron chi connectivity index (χ0n) is 12.5. The second kappa shape index (κ2) is 7.43. The van der Waals surface area contributed by atoms with Crippen LogP contribution in [0.15, 0.2) is 12.3 Å². The van der Waals surface area contributed by atoms with Crippen LogP contribution in [0.4, 0.5) is 0 Å². The molecule has 0 atom stereocenters. The van der Waals surface area contributed by atoms with Crippen LogP contribution < -0.4 is 0 Å². The van der Waals surface area contributed by atoms with Crippen LogP contribution in [0, 0.1) is 0 Å². The van der Waals surface area contributed by atoms with E-state index in [1.54, 1.807) is 0 Å². The smallest absolute Gasteiger partial charge is 0.307 e. The van der Waals surface area contributed by atoms with Gasteiger partial charge in [-0.3, -0.25) is 14.4 Å². The molecule has 20 heavy (non-hydrogen) atoms. The fourth-order valence-corrected chi connectivity index (χ4v) is 2.70. The van der Waals surface area contributed by atoms with Gasteiger partial charge in [-0.1, -0.05) is 12.8 Å². The van der Waals surface area contributed by atoms with Gasteiger partial charge in [0.15, 0.2) is 0 Å². The molecule has 1 fully saturated rings. The minimum absolute atomic E-state index is 0.129. The maximum absolute atomic E-state index is 11.3. The number of aromatic nitrogens is 2. The van der Waals surface area contributed by atoms with E-state index in [2.05, 4.69) is 26.9 Å². The average molecular weight is 279 g/mol. The Kier molecular flexibility index (Phi) is 5.59. The number of nitrogens with zero attached hydrogens (tertiary/aromatic N) is 3. The number of esters is 1. The molecule has 5 heteroatoms. The van der Waals surface area contributed by atoms with Gasteiger partial charge in [0.05, 0.1) is 24.8 Å². The molecule has 0 radical (unpaired) electrons. The van der Waals surface area contributed by atoms with E-state index in [0.717, 1.165) is 12.2 Å². The van der Waals surface area contributed by atoms with E-state index < -0.39 is 0 Å². The predicted molar refractivity (Wildman–Crippen MR) is 77.3 cm³/mol. The van der Waals surface area contributed by atoms with Gasteiger partial charge in [0.2, 0.25) is 0 Å². The van der Waals surface area contributed by atoms with E-state index in [4.69, 9.17) is 4.74 Å². The molecule has 1 aliphatic rings. The van der Waals surface area contributed by atoms with Crippen LogP contribution in [-0.2, 0) is 16.1 Å². The molecule has 0 N–H and O–H groups in total. The molecule has 1 heterocycles. The van der Waals surface area contributed by atoms with Crippen molar-refractivity contribution in [3.63, 3.8) is 0 Å². The van der Waals surface area contributed by atoms with Crippen LogP contribution in [0.2, 0.25) is 0 Å². The van der Waals surface area contributed by atoms with Gasteiger partial charge < -0.3 is 4.74 Å². The molecule has 1 aromatic heterocycles. The van der Waals surface area contributed by atoms with E-state index in [1.807, 2.05) is 14.0 Å². The Bertz CT molecular complexity index is 425. The van der Waals surface area contributed by atoms with Crippen molar-refractivity contribution in [3.8, 4) is 0 Å². The number of carbonyl (C=O) groups excluding carboxylic acids is 1. The van der Waals surface area contributed by atoms with Gasteiger partial charge in [0, 0.05) is 19.3 Å². The van der Waals surface area contributed by atoms with Crippen molar-refractivity contribution in [1.29, 1.82) is 0 Å². The monoisotopic (exact) mass is 279 g/mol. The molecule has 0 aromatic carbocycles. The summed E-state index contributed by atoms with van der Waals surface area (Å²) in [5.41, 5.74) is 1.07. The third-order valence-electron chi connectivity index (χ3n) is 3.80. The van der Waals surface area contributed by atoms with Crippen molar-refractivity contribution in [2.75, 3.05) is 20.2 Å². The Morgan fingerprint density at radius 3 is 2.95 bits per heavy atom. The second-order valence-corrected chi connectivity index (χ2v) is 5.52. The molecule has 0 spiro atoms. The van der Waals surface area contributed by atoms with Gasteiger partial charge in [0.1, 0.15) is 0 Å². The summed E-state index contributed by atoms with van der Waals surface area (Å²) >= 11 is 0. The minimum atomic E-state index is -0.129. The van der Waals surface area contributed by atoms with Crippen molar-refractivity contribution in [2.24, 2.45) is 0 Å². The summed E-state index contributed by atoms with van der Waals surface area (Å²) < 4.78 is 7.04. The quantitative estimate of drug-likeness (QED) is 0.719. The molecule has 0 amide bonds. The van der Waals surface area contributed by atoms with Crippen LogP contribution in [0.3, 0.4) is 0 Å². The first kappa shape index (κ1) is 15.0. The molecule has 1 aliphatic carbocycles. The van der Waals surface area contributed by atoms with E-state index >= 15 is 0 Å². The molecular weight excluding hydrogens is 254 g/mol. The molecule has 112 valence electrons. The van der Waals surface area contributed by atoms with Gasteiger partial charge in [0.25, 0.3) is 0 Å². The fourth-order valence-electron chi connectivity index (χ4n) is 2.70. The summed E-state index contributed by atoms with van der Waals surface area (Å²) in [6, 6.07) is 2.67. The first-order chi connectivity index (χ1) is 9.69. The lowest BCUT2D eigenvalue weighted by Gasteiger charge is -2.14. The number of hydrogen-bond donors (Lipinski definition) is 0. The Morgan fingerprint density at radius 2 is 2.25 bits per heavy atom. The van der Waals surface area contributed by atoms with Crippen LogP contribution in [0.1, 0.15) is 50.8 Å². The summed E-state index contributed by atoms with van der Waals surface area (Å²) in [7, 11) is 2.01. The van der Waals surface area contributed by atoms with Crippen LogP contribution >= 0.6 is 0 Å². The summed E-state index contributed by atoms with van der Waals surface area (Å²) in [5.74, 6) is -0.129. The number of hydrogen-bond acceptors (Lipinski definition) is 4. The Hall–Kier alpha value is -1.36. The van der Waals surface area contributed by atoms with Crippen molar-refractivity contribution in [3.05, 3.63) is 18.0 Å². The SMILES string of the molecule is CCOC(=O)CCN(C)Cc1ccn(C2CCCC2)n1. The molecule has 0 saturated heterocycles. The third kappa shape index (κ3) is 4.34. The highest BCUT2D eigenvalue weighted by Crippen LogP contribution is 2.28. The van der Waals surface area contributed by atoms with Gasteiger partial charge >= 0.3 is 5.97 Å². The Labute approximate surface area is 120 Å². The highest BCUT2D eigenvalue weighted by molar-refractivity contribution is 5.69. The molecule has 2 rings (SSSR count). The normalized spacial score (nSPS) is 15.9. The maximum Gasteiger partial charge on any atom is 0.307 e. The fraction of sp³-hybridized carbons (Fsp3) is 0.733. The number of carbonyl (C=O) groups is 1. The second-order valence-electron chi connectivity index (χ2n) is 5.52. The Morgan fingerprint density at radius 1 is 1.50 bits per heavy atom. The summed E-state index contributed by atoms with van der Waals surface area (Å²) in [6.45, 7) is 3.76. The lowest BCUT2D eigenvalue weighted by Crippen LogP contribution is -2.22. The number of ether oxygens (including phenoxy) is 1.